The molecular formula is C19H30Cl2N4O3. The van der Waals surface area contributed by atoms with Gasteiger partial charge in [-0.25, -0.2) is 0 Å². The summed E-state index contributed by atoms with van der Waals surface area (Å²) >= 11 is 0. The number of hydrogen-bond donors (Lipinski definition) is 1. The third-order valence-corrected chi connectivity index (χ3v) is 5.07. The van der Waals surface area contributed by atoms with Crippen molar-refractivity contribution in [2.45, 2.75) is 12.5 Å². The fraction of sp³-hybridized carbons (Fsp3) is 0.579. The van der Waals surface area contributed by atoms with Crippen molar-refractivity contribution in [3.8, 4) is 0 Å². The monoisotopic (exact) mass is 432 g/mol. The number of rotatable bonds is 5. The summed E-state index contributed by atoms with van der Waals surface area (Å²) in [6, 6.07) is 9.44. The van der Waals surface area contributed by atoms with Crippen LogP contribution in [-0.4, -0.2) is 85.5 Å². The number of benzene rings is 1. The second-order valence-electron chi connectivity index (χ2n) is 6.87. The molecule has 1 aromatic rings. The molecule has 0 bridgehead atoms. The van der Waals surface area contributed by atoms with Gasteiger partial charge in [-0.1, -0.05) is 30.3 Å². The van der Waals surface area contributed by atoms with E-state index in [4.69, 9.17) is 10.5 Å². The molecule has 1 atom stereocenters. The summed E-state index contributed by atoms with van der Waals surface area (Å²) in [5.74, 6) is 0.236. The van der Waals surface area contributed by atoms with Crippen LogP contribution in [0.3, 0.4) is 0 Å². The molecule has 1 aromatic carbocycles. The number of amides is 2. The highest BCUT2D eigenvalue weighted by Gasteiger charge is 2.25. The minimum Gasteiger partial charge on any atom is -0.378 e. The first kappa shape index (κ1) is 24.7. The van der Waals surface area contributed by atoms with Gasteiger partial charge in [0.15, 0.2) is 0 Å². The second-order valence-corrected chi connectivity index (χ2v) is 6.87. The highest BCUT2D eigenvalue weighted by atomic mass is 35.5. The van der Waals surface area contributed by atoms with Gasteiger partial charge in [-0.2, -0.15) is 0 Å². The molecule has 0 saturated carbocycles. The van der Waals surface area contributed by atoms with Gasteiger partial charge in [-0.05, 0) is 5.56 Å². The first-order valence-electron chi connectivity index (χ1n) is 9.29. The van der Waals surface area contributed by atoms with Crippen molar-refractivity contribution in [3.05, 3.63) is 35.9 Å². The average Bonchev–Trinajstić information content (AvgIpc) is 2.69. The molecule has 2 heterocycles. The molecular weight excluding hydrogens is 403 g/mol. The van der Waals surface area contributed by atoms with Crippen LogP contribution in [0.15, 0.2) is 30.3 Å². The van der Waals surface area contributed by atoms with Gasteiger partial charge < -0.3 is 20.3 Å². The molecule has 2 fully saturated rings. The molecule has 158 valence electrons. The minimum absolute atomic E-state index is 0. The van der Waals surface area contributed by atoms with E-state index in [1.54, 1.807) is 0 Å². The maximum atomic E-state index is 12.5. The Kier molecular flexibility index (Phi) is 10.8. The van der Waals surface area contributed by atoms with Crippen molar-refractivity contribution in [3.63, 3.8) is 0 Å². The average molecular weight is 433 g/mol. The smallest absolute Gasteiger partial charge is 0.236 e. The lowest BCUT2D eigenvalue weighted by atomic mass is 10.0. The molecule has 0 radical (unpaired) electrons. The van der Waals surface area contributed by atoms with E-state index in [0.29, 0.717) is 52.4 Å². The van der Waals surface area contributed by atoms with Crippen LogP contribution in [0.5, 0.6) is 0 Å². The Labute approximate surface area is 179 Å². The van der Waals surface area contributed by atoms with E-state index in [0.717, 1.165) is 18.7 Å². The number of halogens is 2. The standard InChI is InChI=1S/C19H28N4O3.2ClH/c20-17(16-4-2-1-3-5-16)14-18(24)22-8-6-21(7-9-22)15-19(25)23-10-12-26-13-11-23;;/h1-5,17H,6-15,20H2;2*1H. The molecule has 2 amide bonds. The lowest BCUT2D eigenvalue weighted by Crippen LogP contribution is -2.52. The maximum Gasteiger partial charge on any atom is 0.236 e. The molecule has 0 aromatic heterocycles. The van der Waals surface area contributed by atoms with E-state index in [9.17, 15) is 9.59 Å². The molecule has 3 rings (SSSR count). The fourth-order valence-electron chi connectivity index (χ4n) is 3.39. The van der Waals surface area contributed by atoms with E-state index in [1.807, 2.05) is 40.1 Å². The van der Waals surface area contributed by atoms with Crippen LogP contribution in [-0.2, 0) is 14.3 Å². The topological polar surface area (TPSA) is 79.1 Å². The summed E-state index contributed by atoms with van der Waals surface area (Å²) in [5.41, 5.74) is 7.14. The Hall–Kier alpha value is -1.38. The van der Waals surface area contributed by atoms with Crippen LogP contribution in [0.4, 0.5) is 0 Å². The molecule has 0 aliphatic carbocycles. The van der Waals surface area contributed by atoms with Gasteiger partial charge in [0.1, 0.15) is 0 Å². The third kappa shape index (κ3) is 6.90. The Morgan fingerprint density at radius 3 is 2.07 bits per heavy atom. The summed E-state index contributed by atoms with van der Waals surface area (Å²) < 4.78 is 5.28. The van der Waals surface area contributed by atoms with Gasteiger partial charge in [0.2, 0.25) is 11.8 Å². The van der Waals surface area contributed by atoms with Crippen molar-refractivity contribution in [1.82, 2.24) is 14.7 Å². The van der Waals surface area contributed by atoms with Crippen molar-refractivity contribution < 1.29 is 14.3 Å². The lowest BCUT2D eigenvalue weighted by molar-refractivity contribution is -0.138. The minimum atomic E-state index is -0.273. The largest absolute Gasteiger partial charge is 0.378 e. The van der Waals surface area contributed by atoms with Crippen molar-refractivity contribution in [2.24, 2.45) is 5.73 Å². The summed E-state index contributed by atoms with van der Waals surface area (Å²) in [6.45, 7) is 5.76. The number of carbonyl (C=O) groups is 2. The molecule has 2 N–H and O–H groups in total. The van der Waals surface area contributed by atoms with E-state index in [1.165, 1.54) is 0 Å². The fourth-order valence-corrected chi connectivity index (χ4v) is 3.39. The Balaban J connectivity index is 0.00000196. The molecule has 28 heavy (non-hydrogen) atoms. The number of morpholine rings is 1. The van der Waals surface area contributed by atoms with Crippen LogP contribution in [0, 0.1) is 0 Å². The predicted octanol–water partition coefficient (Wildman–Crippen LogP) is 0.923. The normalized spacial score (nSPS) is 18.6. The number of nitrogens with two attached hydrogens (primary N) is 1. The SMILES string of the molecule is Cl.Cl.NC(CC(=O)N1CCN(CC(=O)N2CCOCC2)CC1)c1ccccc1. The first-order chi connectivity index (χ1) is 12.6. The first-order valence-corrected chi connectivity index (χ1v) is 9.29. The van der Waals surface area contributed by atoms with Crippen LogP contribution < -0.4 is 5.73 Å². The van der Waals surface area contributed by atoms with Gasteiger partial charge in [0.25, 0.3) is 0 Å². The zero-order valence-corrected chi connectivity index (χ0v) is 17.6. The highest BCUT2D eigenvalue weighted by molar-refractivity contribution is 5.85. The zero-order chi connectivity index (χ0) is 18.4. The number of piperazine rings is 1. The maximum absolute atomic E-state index is 12.5. The highest BCUT2D eigenvalue weighted by Crippen LogP contribution is 2.15. The van der Waals surface area contributed by atoms with Gasteiger partial charge >= 0.3 is 0 Å². The zero-order valence-electron chi connectivity index (χ0n) is 16.0. The molecule has 0 spiro atoms. The summed E-state index contributed by atoms with van der Waals surface area (Å²) in [7, 11) is 0. The van der Waals surface area contributed by atoms with E-state index in [-0.39, 0.29) is 42.7 Å². The molecule has 2 aliphatic heterocycles. The van der Waals surface area contributed by atoms with Gasteiger partial charge in [-0.3, -0.25) is 14.5 Å². The summed E-state index contributed by atoms with van der Waals surface area (Å²) in [6.07, 6.45) is 0.316. The van der Waals surface area contributed by atoms with Crippen LogP contribution in [0.2, 0.25) is 0 Å². The van der Waals surface area contributed by atoms with Gasteiger partial charge in [0, 0.05) is 51.7 Å². The quantitative estimate of drug-likeness (QED) is 0.748. The van der Waals surface area contributed by atoms with Crippen LogP contribution >= 0.6 is 24.8 Å². The second kappa shape index (κ2) is 12.2. The van der Waals surface area contributed by atoms with E-state index < -0.39 is 0 Å². The summed E-state index contributed by atoms with van der Waals surface area (Å²) in [5, 5.41) is 0. The van der Waals surface area contributed by atoms with E-state index >= 15 is 0 Å². The van der Waals surface area contributed by atoms with Crippen LogP contribution in [0.1, 0.15) is 18.0 Å². The number of carbonyl (C=O) groups excluding carboxylic acids is 2. The summed E-state index contributed by atoms with van der Waals surface area (Å²) in [4.78, 5) is 30.7. The Morgan fingerprint density at radius 1 is 0.893 bits per heavy atom. The van der Waals surface area contributed by atoms with Crippen molar-refractivity contribution >= 4 is 36.6 Å². The van der Waals surface area contributed by atoms with Gasteiger partial charge in [-0.15, -0.1) is 24.8 Å². The Morgan fingerprint density at radius 2 is 1.46 bits per heavy atom. The molecule has 9 heteroatoms. The van der Waals surface area contributed by atoms with E-state index in [2.05, 4.69) is 4.90 Å². The number of ether oxygens (including phenoxy) is 1. The number of nitrogens with zero attached hydrogens (tertiary/aromatic N) is 3. The number of hydrogen-bond acceptors (Lipinski definition) is 5. The molecule has 7 nitrogen and oxygen atoms in total. The van der Waals surface area contributed by atoms with Crippen molar-refractivity contribution in [2.75, 3.05) is 59.0 Å². The van der Waals surface area contributed by atoms with Crippen LogP contribution in [0.25, 0.3) is 0 Å². The lowest BCUT2D eigenvalue weighted by Gasteiger charge is -2.36. The van der Waals surface area contributed by atoms with Gasteiger partial charge in [0.05, 0.1) is 19.8 Å². The Bertz CT molecular complexity index is 606. The third-order valence-electron chi connectivity index (χ3n) is 5.07. The molecule has 2 aliphatic rings. The predicted molar refractivity (Wildman–Crippen MR) is 113 cm³/mol. The molecule has 2 saturated heterocycles. The molecule has 1 unspecified atom stereocenters. The van der Waals surface area contributed by atoms with Crippen molar-refractivity contribution in [1.29, 1.82) is 0 Å².